The average molecular weight is 306 g/mol. The van der Waals surface area contributed by atoms with E-state index in [0.717, 1.165) is 6.54 Å². The summed E-state index contributed by atoms with van der Waals surface area (Å²) in [5, 5.41) is 5.61. The molecule has 0 fully saturated rings. The van der Waals surface area contributed by atoms with E-state index in [9.17, 15) is 4.79 Å². The van der Waals surface area contributed by atoms with Gasteiger partial charge in [-0.15, -0.1) is 0 Å². The topological polar surface area (TPSA) is 78.0 Å². The summed E-state index contributed by atoms with van der Waals surface area (Å²) in [4.78, 5) is 11.3. The molecule has 0 unspecified atom stereocenters. The molecule has 0 rings (SSSR count). The summed E-state index contributed by atoms with van der Waals surface area (Å²) in [7, 11) is 1.88. The largest absolute Gasteiger partial charge is 0.444 e. The molecule has 0 aromatic rings. The smallest absolute Gasteiger partial charge is 0.407 e. The van der Waals surface area contributed by atoms with Gasteiger partial charge in [-0.2, -0.15) is 0 Å². The van der Waals surface area contributed by atoms with Gasteiger partial charge in [0.15, 0.2) is 0 Å². The minimum atomic E-state index is -0.478. The van der Waals surface area contributed by atoms with E-state index in [0.29, 0.717) is 46.2 Å². The summed E-state index contributed by atoms with van der Waals surface area (Å²) >= 11 is 0. The van der Waals surface area contributed by atoms with E-state index < -0.39 is 11.7 Å². The molecule has 21 heavy (non-hydrogen) atoms. The molecule has 0 aliphatic rings. The first-order chi connectivity index (χ1) is 9.95. The van der Waals surface area contributed by atoms with E-state index >= 15 is 0 Å². The van der Waals surface area contributed by atoms with Crippen LogP contribution in [-0.4, -0.2) is 71.5 Å². The second-order valence-corrected chi connectivity index (χ2v) is 5.37. The van der Waals surface area contributed by atoms with Gasteiger partial charge in [0.25, 0.3) is 0 Å². The van der Waals surface area contributed by atoms with Crippen molar-refractivity contribution in [2.45, 2.75) is 26.4 Å². The van der Waals surface area contributed by atoms with Crippen LogP contribution >= 0.6 is 0 Å². The van der Waals surface area contributed by atoms with Gasteiger partial charge in [-0.25, -0.2) is 4.79 Å². The lowest BCUT2D eigenvalue weighted by atomic mass is 10.2. The van der Waals surface area contributed by atoms with Crippen LogP contribution in [0.15, 0.2) is 0 Å². The van der Waals surface area contributed by atoms with E-state index in [2.05, 4.69) is 10.6 Å². The van der Waals surface area contributed by atoms with Crippen molar-refractivity contribution in [3.8, 4) is 0 Å². The third kappa shape index (κ3) is 17.1. The first-order valence-corrected chi connectivity index (χ1v) is 7.30. The zero-order valence-corrected chi connectivity index (χ0v) is 13.7. The quantitative estimate of drug-likeness (QED) is 0.519. The maximum atomic E-state index is 11.3. The van der Waals surface area contributed by atoms with Crippen LogP contribution in [0.5, 0.6) is 0 Å². The van der Waals surface area contributed by atoms with Crippen LogP contribution in [0.25, 0.3) is 0 Å². The van der Waals surface area contributed by atoms with Crippen LogP contribution in [-0.2, 0) is 18.9 Å². The molecule has 0 atom stereocenters. The summed E-state index contributed by atoms with van der Waals surface area (Å²) < 4.78 is 21.0. The SMILES string of the molecule is CNCCOCCOCCOCCNC(=O)OC(C)(C)C. The van der Waals surface area contributed by atoms with Gasteiger partial charge in [0.1, 0.15) is 5.60 Å². The van der Waals surface area contributed by atoms with Crippen LogP contribution in [0.3, 0.4) is 0 Å². The van der Waals surface area contributed by atoms with Crippen LogP contribution in [0.4, 0.5) is 4.79 Å². The zero-order chi connectivity index (χ0) is 16.0. The van der Waals surface area contributed by atoms with Gasteiger partial charge in [0.2, 0.25) is 0 Å². The predicted octanol–water partition coefficient (Wildman–Crippen LogP) is 0.780. The number of hydrogen-bond donors (Lipinski definition) is 2. The third-order valence-corrected chi connectivity index (χ3v) is 2.16. The van der Waals surface area contributed by atoms with Gasteiger partial charge in [-0.3, -0.25) is 0 Å². The molecular weight excluding hydrogens is 276 g/mol. The Morgan fingerprint density at radius 3 is 1.81 bits per heavy atom. The fourth-order valence-electron chi connectivity index (χ4n) is 1.26. The van der Waals surface area contributed by atoms with Crippen LogP contribution in [0.2, 0.25) is 0 Å². The molecule has 1 amide bonds. The summed E-state index contributed by atoms with van der Waals surface area (Å²) in [6, 6.07) is 0. The van der Waals surface area contributed by atoms with E-state index in [1.165, 1.54) is 0 Å². The molecular formula is C14H30N2O5. The first-order valence-electron chi connectivity index (χ1n) is 7.30. The lowest BCUT2D eigenvalue weighted by molar-refractivity contribution is 0.0147. The molecule has 0 aromatic carbocycles. The second-order valence-electron chi connectivity index (χ2n) is 5.37. The highest BCUT2D eigenvalue weighted by molar-refractivity contribution is 5.67. The van der Waals surface area contributed by atoms with Crippen LogP contribution in [0.1, 0.15) is 20.8 Å². The van der Waals surface area contributed by atoms with Crippen molar-refractivity contribution in [2.75, 3.05) is 59.8 Å². The molecule has 0 heterocycles. The van der Waals surface area contributed by atoms with Crippen LogP contribution in [0, 0.1) is 0 Å². The Labute approximate surface area is 127 Å². The summed E-state index contributed by atoms with van der Waals surface area (Å²) in [6.45, 7) is 10.00. The van der Waals surface area contributed by atoms with Gasteiger partial charge in [-0.1, -0.05) is 0 Å². The number of hydrogen-bond acceptors (Lipinski definition) is 6. The van der Waals surface area contributed by atoms with Crippen molar-refractivity contribution < 1.29 is 23.7 Å². The normalized spacial score (nSPS) is 11.4. The highest BCUT2D eigenvalue weighted by Crippen LogP contribution is 2.05. The van der Waals surface area contributed by atoms with Crippen molar-refractivity contribution >= 4 is 6.09 Å². The number of alkyl carbamates (subject to hydrolysis) is 1. The summed E-state index contributed by atoms with van der Waals surface area (Å²) in [6.07, 6.45) is -0.430. The standard InChI is InChI=1S/C14H30N2O5/c1-14(2,3)21-13(17)16-6-8-19-10-12-20-11-9-18-7-5-15-4/h15H,5-12H2,1-4H3,(H,16,17). The number of rotatable bonds is 12. The lowest BCUT2D eigenvalue weighted by Gasteiger charge is -2.19. The van der Waals surface area contributed by atoms with E-state index in [1.807, 2.05) is 27.8 Å². The highest BCUT2D eigenvalue weighted by atomic mass is 16.6. The number of nitrogens with one attached hydrogen (secondary N) is 2. The minimum Gasteiger partial charge on any atom is -0.444 e. The van der Waals surface area contributed by atoms with Gasteiger partial charge in [0, 0.05) is 13.1 Å². The van der Waals surface area contributed by atoms with Gasteiger partial charge >= 0.3 is 6.09 Å². The lowest BCUT2D eigenvalue weighted by Crippen LogP contribution is -2.34. The predicted molar refractivity (Wildman–Crippen MR) is 80.6 cm³/mol. The van der Waals surface area contributed by atoms with Crippen molar-refractivity contribution in [1.82, 2.24) is 10.6 Å². The molecule has 0 aliphatic carbocycles. The summed E-state index contributed by atoms with van der Waals surface area (Å²) in [5.41, 5.74) is -0.478. The molecule has 0 bridgehead atoms. The molecule has 0 aromatic heterocycles. The van der Waals surface area contributed by atoms with E-state index in [4.69, 9.17) is 18.9 Å². The van der Waals surface area contributed by atoms with Crippen molar-refractivity contribution in [3.63, 3.8) is 0 Å². The van der Waals surface area contributed by atoms with E-state index in [1.54, 1.807) is 0 Å². The minimum absolute atomic E-state index is 0.419. The Bertz CT molecular complexity index is 256. The molecule has 2 N–H and O–H groups in total. The molecule has 0 radical (unpaired) electrons. The molecule has 0 saturated heterocycles. The fraction of sp³-hybridized carbons (Fsp3) is 0.929. The van der Waals surface area contributed by atoms with Crippen molar-refractivity contribution in [1.29, 1.82) is 0 Å². The Hall–Kier alpha value is -0.890. The number of amides is 1. The van der Waals surface area contributed by atoms with Gasteiger partial charge in [-0.05, 0) is 27.8 Å². The van der Waals surface area contributed by atoms with Gasteiger partial charge < -0.3 is 29.6 Å². The molecule has 7 nitrogen and oxygen atoms in total. The van der Waals surface area contributed by atoms with Crippen molar-refractivity contribution in [3.05, 3.63) is 0 Å². The van der Waals surface area contributed by atoms with Crippen LogP contribution < -0.4 is 10.6 Å². The number of carbonyl (C=O) groups excluding carboxylic acids is 1. The third-order valence-electron chi connectivity index (χ3n) is 2.16. The number of likely N-dealkylation sites (N-methyl/N-ethyl adjacent to an activating group) is 1. The summed E-state index contributed by atoms with van der Waals surface area (Å²) in [5.74, 6) is 0. The Balaban J connectivity index is 3.17. The second kappa shape index (κ2) is 12.8. The zero-order valence-electron chi connectivity index (χ0n) is 13.7. The Morgan fingerprint density at radius 2 is 1.33 bits per heavy atom. The molecule has 0 aliphatic heterocycles. The Morgan fingerprint density at radius 1 is 0.857 bits per heavy atom. The molecule has 7 heteroatoms. The van der Waals surface area contributed by atoms with Gasteiger partial charge in [0.05, 0.1) is 39.6 Å². The number of carbonyl (C=O) groups is 1. The molecule has 0 spiro atoms. The molecule has 126 valence electrons. The maximum absolute atomic E-state index is 11.3. The first kappa shape index (κ1) is 20.1. The number of ether oxygens (including phenoxy) is 4. The maximum Gasteiger partial charge on any atom is 0.407 e. The fourth-order valence-corrected chi connectivity index (χ4v) is 1.26. The average Bonchev–Trinajstić information content (AvgIpc) is 2.38. The highest BCUT2D eigenvalue weighted by Gasteiger charge is 2.15. The Kier molecular flexibility index (Phi) is 12.3. The van der Waals surface area contributed by atoms with Crippen molar-refractivity contribution in [2.24, 2.45) is 0 Å². The van der Waals surface area contributed by atoms with E-state index in [-0.39, 0.29) is 0 Å². The monoisotopic (exact) mass is 306 g/mol. The molecule has 0 saturated carbocycles.